The van der Waals surface area contributed by atoms with Gasteiger partial charge in [-0.15, -0.1) is 0 Å². The minimum absolute atomic E-state index is 0.327. The number of nitrogens with two attached hydrogens (primary N) is 1. The first-order chi connectivity index (χ1) is 12.5. The molecule has 1 heterocycles. The first-order valence-corrected chi connectivity index (χ1v) is 8.70. The largest absolute Gasteiger partial charge is 0.463 e. The molecule has 12 heteroatoms. The van der Waals surface area contributed by atoms with Gasteiger partial charge in [0.05, 0.1) is 0 Å². The van der Waals surface area contributed by atoms with Crippen LogP contribution in [0.5, 0.6) is 0 Å². The lowest BCUT2D eigenvalue weighted by molar-refractivity contribution is -0.237. The van der Waals surface area contributed by atoms with Gasteiger partial charge in [-0.1, -0.05) is 11.8 Å². The van der Waals surface area contributed by atoms with Gasteiger partial charge in [-0.2, -0.15) is 0 Å². The second-order valence-electron chi connectivity index (χ2n) is 5.55. The Hall–Kier alpha value is -2.34. The lowest BCUT2D eigenvalue weighted by atomic mass is 9.99. The normalized spacial score (nSPS) is 27.2. The van der Waals surface area contributed by atoms with Gasteiger partial charge in [0.1, 0.15) is 12.7 Å². The van der Waals surface area contributed by atoms with Crippen LogP contribution in [0.3, 0.4) is 0 Å². The van der Waals surface area contributed by atoms with Gasteiger partial charge in [-0.25, -0.2) is 0 Å². The third kappa shape index (κ3) is 7.43. The van der Waals surface area contributed by atoms with E-state index in [-0.39, 0.29) is 11.8 Å². The monoisotopic (exact) mass is 406 g/mol. The van der Waals surface area contributed by atoms with Gasteiger partial charge in [0.25, 0.3) is 0 Å². The number of esters is 4. The van der Waals surface area contributed by atoms with Gasteiger partial charge >= 0.3 is 23.9 Å². The lowest BCUT2D eigenvalue weighted by Gasteiger charge is -2.43. The van der Waals surface area contributed by atoms with E-state index in [1.54, 1.807) is 0 Å². The standard InChI is InChI=1S/C15H22N2O9S/c1-6(18)22-5-10-11(23-7(2)19)12(24-8(3)20)13(25-9(4)21)14(26-10)27-15(16)17/h10-14H,5H2,1-4H3,(H3,16,17)/t10-,11+,12-,13+,14-/m0/s1. The summed E-state index contributed by atoms with van der Waals surface area (Å²) in [6.07, 6.45) is -4.76. The zero-order valence-electron chi connectivity index (χ0n) is 15.3. The molecule has 0 unspecified atom stereocenters. The van der Waals surface area contributed by atoms with Crippen LogP contribution in [0.15, 0.2) is 0 Å². The number of nitrogens with one attached hydrogen (secondary N) is 1. The predicted octanol–water partition coefficient (Wildman–Crippen LogP) is -0.304. The third-order valence-corrected chi connectivity index (χ3v) is 4.06. The average Bonchev–Trinajstić information content (AvgIpc) is 2.49. The molecule has 1 aliphatic heterocycles. The molecule has 1 aliphatic rings. The molecule has 0 aromatic rings. The molecule has 0 radical (unpaired) electrons. The van der Waals surface area contributed by atoms with E-state index in [0.717, 1.165) is 20.8 Å². The molecule has 11 nitrogen and oxygen atoms in total. The molecule has 0 aliphatic carbocycles. The fourth-order valence-electron chi connectivity index (χ4n) is 2.41. The molecule has 0 bridgehead atoms. The Bertz CT molecular complexity index is 612. The lowest BCUT2D eigenvalue weighted by Crippen LogP contribution is -2.61. The molecule has 1 rings (SSSR count). The van der Waals surface area contributed by atoms with Crippen LogP contribution >= 0.6 is 11.8 Å². The van der Waals surface area contributed by atoms with Gasteiger partial charge in [-0.05, 0) is 0 Å². The molecule has 152 valence electrons. The molecule has 5 atom stereocenters. The van der Waals surface area contributed by atoms with Gasteiger partial charge in [-0.3, -0.25) is 24.6 Å². The van der Waals surface area contributed by atoms with E-state index < -0.39 is 53.7 Å². The van der Waals surface area contributed by atoms with E-state index in [9.17, 15) is 19.2 Å². The van der Waals surface area contributed by atoms with Crippen molar-refractivity contribution in [1.29, 1.82) is 5.41 Å². The van der Waals surface area contributed by atoms with Crippen LogP contribution in [0.2, 0.25) is 0 Å². The fraction of sp³-hybridized carbons (Fsp3) is 0.667. The molecule has 0 spiro atoms. The molecule has 0 amide bonds. The second kappa shape index (κ2) is 10.1. The van der Waals surface area contributed by atoms with Crippen molar-refractivity contribution in [3.8, 4) is 0 Å². The smallest absolute Gasteiger partial charge is 0.303 e. The van der Waals surface area contributed by atoms with Crippen LogP contribution in [0, 0.1) is 5.41 Å². The van der Waals surface area contributed by atoms with Gasteiger partial charge in [0, 0.05) is 27.7 Å². The van der Waals surface area contributed by atoms with Crippen molar-refractivity contribution in [2.24, 2.45) is 5.73 Å². The maximum absolute atomic E-state index is 11.6. The van der Waals surface area contributed by atoms with Crippen LogP contribution in [0.1, 0.15) is 27.7 Å². The minimum Gasteiger partial charge on any atom is -0.463 e. The molecule has 3 N–H and O–H groups in total. The SMILES string of the molecule is CC(=O)OC[C@@H]1O[C@@H](SC(=N)N)[C@H](OC(C)=O)[C@@H](OC(C)=O)[C@@H]1OC(C)=O. The quantitative estimate of drug-likeness (QED) is 0.257. The molecular weight excluding hydrogens is 384 g/mol. The number of carbonyl (C=O) groups is 4. The Morgan fingerprint density at radius 2 is 1.37 bits per heavy atom. The summed E-state index contributed by atoms with van der Waals surface area (Å²) >= 11 is 0.705. The number of carbonyl (C=O) groups excluding carboxylic acids is 4. The Morgan fingerprint density at radius 1 is 0.889 bits per heavy atom. The highest BCUT2D eigenvalue weighted by molar-refractivity contribution is 8.14. The van der Waals surface area contributed by atoms with Crippen molar-refractivity contribution in [3.05, 3.63) is 0 Å². The zero-order chi connectivity index (χ0) is 20.7. The number of amidine groups is 1. The van der Waals surface area contributed by atoms with Crippen LogP contribution in [0.25, 0.3) is 0 Å². The number of rotatable bonds is 6. The summed E-state index contributed by atoms with van der Waals surface area (Å²) in [4.78, 5) is 45.7. The van der Waals surface area contributed by atoms with E-state index in [1.807, 2.05) is 0 Å². The first-order valence-electron chi connectivity index (χ1n) is 7.82. The molecule has 1 saturated heterocycles. The number of thioether (sulfide) groups is 1. The maximum Gasteiger partial charge on any atom is 0.303 e. The highest BCUT2D eigenvalue weighted by Gasteiger charge is 2.52. The molecule has 0 aromatic heterocycles. The predicted molar refractivity (Wildman–Crippen MR) is 91.5 cm³/mol. The Kier molecular flexibility index (Phi) is 8.50. The summed E-state index contributed by atoms with van der Waals surface area (Å²) in [6.45, 7) is 4.24. The van der Waals surface area contributed by atoms with Gasteiger partial charge < -0.3 is 29.4 Å². The summed E-state index contributed by atoms with van der Waals surface area (Å²) < 4.78 is 26.2. The van der Waals surface area contributed by atoms with Crippen LogP contribution in [-0.4, -0.2) is 65.5 Å². The highest BCUT2D eigenvalue weighted by Crippen LogP contribution is 2.34. The van der Waals surface area contributed by atoms with Crippen molar-refractivity contribution in [3.63, 3.8) is 0 Å². The van der Waals surface area contributed by atoms with Crippen molar-refractivity contribution >= 4 is 40.8 Å². The van der Waals surface area contributed by atoms with Crippen LogP contribution in [0.4, 0.5) is 0 Å². The second-order valence-corrected chi connectivity index (χ2v) is 6.69. The highest BCUT2D eigenvalue weighted by atomic mass is 32.2. The summed E-state index contributed by atoms with van der Waals surface area (Å²) in [5, 5.41) is 7.10. The number of hydrogen-bond acceptors (Lipinski definition) is 11. The van der Waals surface area contributed by atoms with Crippen LogP contribution < -0.4 is 5.73 Å². The summed E-state index contributed by atoms with van der Waals surface area (Å²) in [5.41, 5.74) is 4.33. The number of ether oxygens (including phenoxy) is 5. The van der Waals surface area contributed by atoms with E-state index in [1.165, 1.54) is 6.92 Å². The molecular formula is C15H22N2O9S. The summed E-state index contributed by atoms with van der Waals surface area (Å²) in [7, 11) is 0. The van der Waals surface area contributed by atoms with E-state index in [4.69, 9.17) is 34.8 Å². The topological polar surface area (TPSA) is 164 Å². The summed E-state index contributed by atoms with van der Waals surface area (Å²) in [6, 6.07) is 0. The molecule has 0 aromatic carbocycles. The average molecular weight is 406 g/mol. The van der Waals surface area contributed by atoms with Crippen molar-refractivity contribution < 1.29 is 42.9 Å². The minimum atomic E-state index is -1.26. The first kappa shape index (κ1) is 22.7. The van der Waals surface area contributed by atoms with Crippen molar-refractivity contribution in [2.45, 2.75) is 57.5 Å². The van der Waals surface area contributed by atoms with Crippen molar-refractivity contribution in [2.75, 3.05) is 6.61 Å². The van der Waals surface area contributed by atoms with Crippen LogP contribution in [-0.2, 0) is 42.9 Å². The maximum atomic E-state index is 11.6. The Labute approximate surface area is 159 Å². The molecule has 1 fully saturated rings. The van der Waals surface area contributed by atoms with E-state index in [2.05, 4.69) is 0 Å². The summed E-state index contributed by atoms with van der Waals surface area (Å²) in [5.74, 6) is -2.76. The molecule has 27 heavy (non-hydrogen) atoms. The fourth-order valence-corrected chi connectivity index (χ4v) is 3.20. The number of hydrogen-bond donors (Lipinski definition) is 2. The molecule has 0 saturated carbocycles. The van der Waals surface area contributed by atoms with Gasteiger partial charge in [0.2, 0.25) is 0 Å². The zero-order valence-corrected chi connectivity index (χ0v) is 16.1. The van der Waals surface area contributed by atoms with E-state index >= 15 is 0 Å². The Balaban J connectivity index is 3.29. The third-order valence-electron chi connectivity index (χ3n) is 3.19. The van der Waals surface area contributed by atoms with Gasteiger partial charge in [0.15, 0.2) is 28.9 Å². The Morgan fingerprint density at radius 3 is 1.81 bits per heavy atom. The van der Waals surface area contributed by atoms with Crippen molar-refractivity contribution in [1.82, 2.24) is 0 Å². The van der Waals surface area contributed by atoms with E-state index in [0.29, 0.717) is 11.8 Å².